The SMILES string of the molecule is NN(c1ccc(-c2ccccc2)cc1)C(F)(F)F. The maximum absolute atomic E-state index is 12.4. The van der Waals surface area contributed by atoms with Crippen molar-refractivity contribution in [2.45, 2.75) is 6.30 Å². The number of benzene rings is 2. The predicted octanol–water partition coefficient (Wildman–Crippen LogP) is 3.55. The Kier molecular flexibility index (Phi) is 3.25. The van der Waals surface area contributed by atoms with Crippen molar-refractivity contribution in [1.82, 2.24) is 0 Å². The van der Waals surface area contributed by atoms with Gasteiger partial charge in [-0.1, -0.05) is 42.5 Å². The Balaban J connectivity index is 2.26. The van der Waals surface area contributed by atoms with Crippen LogP contribution in [0.2, 0.25) is 0 Å². The molecule has 0 aliphatic carbocycles. The summed E-state index contributed by atoms with van der Waals surface area (Å²) in [7, 11) is 0. The van der Waals surface area contributed by atoms with Crippen molar-refractivity contribution >= 4 is 5.69 Å². The zero-order valence-corrected chi connectivity index (χ0v) is 9.35. The van der Waals surface area contributed by atoms with Crippen LogP contribution >= 0.6 is 0 Å². The van der Waals surface area contributed by atoms with Gasteiger partial charge in [0.05, 0.1) is 5.69 Å². The first-order chi connectivity index (χ1) is 8.48. The lowest BCUT2D eigenvalue weighted by Gasteiger charge is -2.21. The standard InChI is InChI=1S/C13H11F3N2/c14-13(15,16)18(17)12-8-6-11(7-9-12)10-4-2-1-3-5-10/h1-9H,17H2. The number of nitrogens with two attached hydrogens (primary N) is 1. The van der Waals surface area contributed by atoms with Gasteiger partial charge in [0.2, 0.25) is 0 Å². The van der Waals surface area contributed by atoms with Crippen molar-refractivity contribution in [2.24, 2.45) is 5.84 Å². The van der Waals surface area contributed by atoms with Crippen LogP contribution in [0.25, 0.3) is 11.1 Å². The van der Waals surface area contributed by atoms with E-state index in [0.717, 1.165) is 11.1 Å². The van der Waals surface area contributed by atoms with Crippen molar-refractivity contribution in [3.05, 3.63) is 54.6 Å². The summed E-state index contributed by atoms with van der Waals surface area (Å²) in [5.41, 5.74) is 1.69. The minimum Gasteiger partial charge on any atom is -0.240 e. The van der Waals surface area contributed by atoms with Crippen LogP contribution in [0.3, 0.4) is 0 Å². The molecule has 0 bridgehead atoms. The van der Waals surface area contributed by atoms with Gasteiger partial charge in [0.25, 0.3) is 0 Å². The molecule has 0 radical (unpaired) electrons. The molecule has 18 heavy (non-hydrogen) atoms. The average molecular weight is 252 g/mol. The lowest BCUT2D eigenvalue weighted by atomic mass is 10.1. The minimum atomic E-state index is -4.58. The molecule has 0 unspecified atom stereocenters. The molecule has 0 aromatic heterocycles. The molecule has 0 fully saturated rings. The van der Waals surface area contributed by atoms with Gasteiger partial charge >= 0.3 is 6.30 Å². The predicted molar refractivity (Wildman–Crippen MR) is 64.6 cm³/mol. The summed E-state index contributed by atoms with van der Waals surface area (Å²) in [6.45, 7) is 0. The van der Waals surface area contributed by atoms with E-state index in [9.17, 15) is 13.2 Å². The molecule has 5 heteroatoms. The van der Waals surface area contributed by atoms with E-state index in [1.165, 1.54) is 12.1 Å². The third kappa shape index (κ3) is 2.62. The van der Waals surface area contributed by atoms with Crippen LogP contribution in [0, 0.1) is 0 Å². The van der Waals surface area contributed by atoms with Crippen molar-refractivity contribution in [2.75, 3.05) is 5.01 Å². The fourth-order valence-electron chi connectivity index (χ4n) is 1.59. The normalized spacial score (nSPS) is 11.3. The van der Waals surface area contributed by atoms with Crippen LogP contribution in [0.4, 0.5) is 18.9 Å². The molecule has 0 amide bonds. The Morgan fingerprint density at radius 2 is 1.28 bits per heavy atom. The molecule has 2 aromatic rings. The first-order valence-electron chi connectivity index (χ1n) is 5.25. The zero-order chi connectivity index (χ0) is 13.2. The van der Waals surface area contributed by atoms with Gasteiger partial charge in [-0.15, -0.1) is 13.2 Å². The van der Waals surface area contributed by atoms with Crippen molar-refractivity contribution in [3.8, 4) is 11.1 Å². The van der Waals surface area contributed by atoms with Gasteiger partial charge < -0.3 is 0 Å². The molecule has 2 N–H and O–H groups in total. The van der Waals surface area contributed by atoms with Gasteiger partial charge in [-0.3, -0.25) is 0 Å². The Morgan fingerprint density at radius 1 is 0.778 bits per heavy atom. The van der Waals surface area contributed by atoms with Crippen molar-refractivity contribution < 1.29 is 13.2 Å². The third-order valence-electron chi connectivity index (χ3n) is 2.53. The second-order valence-electron chi connectivity index (χ2n) is 3.75. The number of hydrogen-bond donors (Lipinski definition) is 1. The van der Waals surface area contributed by atoms with Crippen LogP contribution in [0.5, 0.6) is 0 Å². The maximum Gasteiger partial charge on any atom is 0.498 e. The van der Waals surface area contributed by atoms with Gasteiger partial charge in [-0.05, 0) is 23.3 Å². The summed E-state index contributed by atoms with van der Waals surface area (Å²) in [5, 5.41) is -0.207. The van der Waals surface area contributed by atoms with E-state index in [1.807, 2.05) is 30.3 Å². The van der Waals surface area contributed by atoms with Crippen molar-refractivity contribution in [1.29, 1.82) is 0 Å². The smallest absolute Gasteiger partial charge is 0.240 e. The van der Waals surface area contributed by atoms with E-state index < -0.39 is 6.30 Å². The van der Waals surface area contributed by atoms with Crippen molar-refractivity contribution in [3.63, 3.8) is 0 Å². The van der Waals surface area contributed by atoms with Gasteiger partial charge in [0.15, 0.2) is 0 Å². The molecular formula is C13H11F3N2. The number of rotatable bonds is 2. The van der Waals surface area contributed by atoms with Gasteiger partial charge in [0.1, 0.15) is 0 Å². The molecule has 0 atom stereocenters. The molecule has 94 valence electrons. The Hall–Kier alpha value is -2.01. The largest absolute Gasteiger partial charge is 0.498 e. The molecule has 2 aromatic carbocycles. The van der Waals surface area contributed by atoms with Crippen LogP contribution < -0.4 is 10.9 Å². The van der Waals surface area contributed by atoms with E-state index in [1.54, 1.807) is 12.1 Å². The Labute approximate surface area is 102 Å². The van der Waals surface area contributed by atoms with E-state index in [4.69, 9.17) is 5.84 Å². The van der Waals surface area contributed by atoms with Gasteiger partial charge in [-0.25, -0.2) is 10.9 Å². The summed E-state index contributed by atoms with van der Waals surface area (Å²) in [6.07, 6.45) is -4.58. The molecule has 0 aliphatic rings. The molecule has 0 saturated heterocycles. The van der Waals surface area contributed by atoms with E-state index in [-0.39, 0.29) is 10.7 Å². The fourth-order valence-corrected chi connectivity index (χ4v) is 1.59. The summed E-state index contributed by atoms with van der Waals surface area (Å²) < 4.78 is 37.1. The third-order valence-corrected chi connectivity index (χ3v) is 2.53. The van der Waals surface area contributed by atoms with Crippen LogP contribution in [-0.2, 0) is 0 Å². The van der Waals surface area contributed by atoms with Crippen LogP contribution in [-0.4, -0.2) is 6.30 Å². The van der Waals surface area contributed by atoms with E-state index in [2.05, 4.69) is 0 Å². The maximum atomic E-state index is 12.4. The lowest BCUT2D eigenvalue weighted by Crippen LogP contribution is -2.43. The number of nitrogens with zero attached hydrogens (tertiary/aromatic N) is 1. The van der Waals surface area contributed by atoms with Gasteiger partial charge in [-0.2, -0.15) is 0 Å². The first kappa shape index (κ1) is 12.4. The number of anilines is 1. The van der Waals surface area contributed by atoms with Crippen LogP contribution in [0.1, 0.15) is 0 Å². The summed E-state index contributed by atoms with van der Waals surface area (Å²) >= 11 is 0. The molecular weight excluding hydrogens is 241 g/mol. The molecule has 0 spiro atoms. The highest BCUT2D eigenvalue weighted by atomic mass is 19.4. The first-order valence-corrected chi connectivity index (χ1v) is 5.25. The van der Waals surface area contributed by atoms with Gasteiger partial charge in [0, 0.05) is 0 Å². The summed E-state index contributed by atoms with van der Waals surface area (Å²) in [6, 6.07) is 15.3. The fraction of sp³-hybridized carbons (Fsp3) is 0.0769. The Bertz CT molecular complexity index is 506. The van der Waals surface area contributed by atoms with Crippen LogP contribution in [0.15, 0.2) is 54.6 Å². The highest BCUT2D eigenvalue weighted by molar-refractivity contribution is 5.66. The molecule has 2 rings (SSSR count). The number of alkyl halides is 3. The Morgan fingerprint density at radius 3 is 1.78 bits per heavy atom. The second kappa shape index (κ2) is 4.70. The molecule has 0 aliphatic heterocycles. The second-order valence-corrected chi connectivity index (χ2v) is 3.75. The number of hydrazine groups is 1. The average Bonchev–Trinajstić information content (AvgIpc) is 2.38. The van der Waals surface area contributed by atoms with E-state index in [0.29, 0.717) is 0 Å². The molecule has 0 heterocycles. The topological polar surface area (TPSA) is 29.3 Å². The summed E-state index contributed by atoms with van der Waals surface area (Å²) in [5.74, 6) is 4.97. The number of halogens is 3. The molecule has 0 saturated carbocycles. The summed E-state index contributed by atoms with van der Waals surface area (Å²) in [4.78, 5) is 0. The quantitative estimate of drug-likeness (QED) is 0.503. The minimum absolute atomic E-state index is 0.0952. The van der Waals surface area contributed by atoms with E-state index >= 15 is 0 Å². The highest BCUT2D eigenvalue weighted by Crippen LogP contribution is 2.27. The zero-order valence-electron chi connectivity index (χ0n) is 9.35. The monoisotopic (exact) mass is 252 g/mol. The lowest BCUT2D eigenvalue weighted by molar-refractivity contribution is -0.129. The number of hydrogen-bond acceptors (Lipinski definition) is 2. The highest BCUT2D eigenvalue weighted by Gasteiger charge is 2.35. The molecule has 2 nitrogen and oxygen atoms in total.